The van der Waals surface area contributed by atoms with E-state index >= 15 is 0 Å². The van der Waals surface area contributed by atoms with Gasteiger partial charge in [0.2, 0.25) is 29.5 Å². The zero-order chi connectivity index (χ0) is 44.3. The van der Waals surface area contributed by atoms with Crippen LogP contribution in [0, 0.1) is 17.6 Å². The second-order valence-electron chi connectivity index (χ2n) is 16.1. The van der Waals surface area contributed by atoms with Gasteiger partial charge in [0, 0.05) is 37.8 Å². The highest BCUT2D eigenvalue weighted by atomic mass is 19.4. The summed E-state index contributed by atoms with van der Waals surface area (Å²) >= 11 is 0. The molecule has 15 nitrogen and oxygen atoms in total. The summed E-state index contributed by atoms with van der Waals surface area (Å²) < 4.78 is 73.9. The summed E-state index contributed by atoms with van der Waals surface area (Å²) in [6, 6.07) is -2.98. The maximum atomic E-state index is 14.7. The molecule has 330 valence electrons. The lowest BCUT2D eigenvalue weighted by Crippen LogP contribution is -2.63. The lowest BCUT2D eigenvalue weighted by atomic mass is 9.99. The smallest absolute Gasteiger partial charge is 0.416 e. The van der Waals surface area contributed by atoms with Gasteiger partial charge in [-0.25, -0.2) is 18.4 Å². The first-order valence-electron chi connectivity index (χ1n) is 20.2. The number of halogens is 5. The minimum Gasteiger partial charge on any atom is -0.458 e. The Morgan fingerprint density at radius 1 is 0.820 bits per heavy atom. The summed E-state index contributed by atoms with van der Waals surface area (Å²) in [6.07, 6.45) is -4.41. The van der Waals surface area contributed by atoms with Gasteiger partial charge in [-0.3, -0.25) is 24.0 Å². The van der Waals surface area contributed by atoms with Gasteiger partial charge < -0.3 is 40.7 Å². The molecule has 20 heteroatoms. The fraction of sp³-hybridized carbons (Fsp3) is 0.537. The van der Waals surface area contributed by atoms with Crippen LogP contribution >= 0.6 is 0 Å². The van der Waals surface area contributed by atoms with E-state index in [-0.39, 0.29) is 49.6 Å². The SMILES string of the molecule is C[C@@H]1C[C@H]2C(=O)O[C@@H](C)[C@H](NC(=O)[C@H](Cc3cc(F)cc(F)c3)NC(=O)Nc3ccc(C(F)(F)F)cc3)C(=O)N3CCC[C@H]3C(=O)N3CCCC[C@H]3C(=O)N[C@@H](C)C(=O)N2C1. The molecule has 0 aromatic heterocycles. The van der Waals surface area contributed by atoms with Gasteiger partial charge in [0.1, 0.15) is 54.0 Å². The fourth-order valence-corrected chi connectivity index (χ4v) is 8.46. The first-order valence-corrected chi connectivity index (χ1v) is 20.2. The zero-order valence-electron chi connectivity index (χ0n) is 33.7. The Labute approximate surface area is 348 Å². The summed E-state index contributed by atoms with van der Waals surface area (Å²) in [5.74, 6) is -6.66. The number of alkyl halides is 3. The molecule has 0 unspecified atom stereocenters. The number of nitrogens with zero attached hydrogens (tertiary/aromatic N) is 3. The van der Waals surface area contributed by atoms with Gasteiger partial charge in [0.05, 0.1) is 5.56 Å². The summed E-state index contributed by atoms with van der Waals surface area (Å²) in [7, 11) is 0. The second kappa shape index (κ2) is 18.4. The molecule has 4 N–H and O–H groups in total. The van der Waals surface area contributed by atoms with Gasteiger partial charge in [0.25, 0.3) is 0 Å². The number of fused-ring (bicyclic) bond motifs is 3. The molecule has 0 saturated carbocycles. The molecule has 8 atom stereocenters. The van der Waals surface area contributed by atoms with E-state index in [0.717, 1.165) is 36.4 Å². The van der Waals surface area contributed by atoms with Crippen molar-refractivity contribution in [2.75, 3.05) is 25.0 Å². The Bertz CT molecular complexity index is 2020. The van der Waals surface area contributed by atoms with E-state index in [0.29, 0.717) is 31.7 Å². The standard InChI is InChI=1S/C41H48F5N7O8/c1-21-15-32-39(59)61-23(3)33(38(58)52-14-6-8-31(52)37(57)51-13-5-4-7-30(51)35(55)47-22(2)36(56)53(32)20-21)50-34(54)29(18-24-16-26(42)19-27(43)17-24)49-40(60)48-28-11-9-25(10-12-28)41(44,45)46/h9-12,16-17,19,21-23,29-33H,4-8,13-15,18,20H2,1-3H3,(H,47,55)(H,50,54)(H2,48,49,60)/t21-,22+,23+,29+,30+,31+,32+,33+/m1/s1. The van der Waals surface area contributed by atoms with Crippen molar-refractivity contribution in [3.8, 4) is 0 Å². The van der Waals surface area contributed by atoms with Crippen LogP contribution in [0.2, 0.25) is 0 Å². The van der Waals surface area contributed by atoms with Crippen LogP contribution in [0.5, 0.6) is 0 Å². The predicted octanol–water partition coefficient (Wildman–Crippen LogP) is 3.26. The Kier molecular flexibility index (Phi) is 13.5. The largest absolute Gasteiger partial charge is 0.458 e. The highest BCUT2D eigenvalue weighted by Crippen LogP contribution is 2.31. The number of anilines is 1. The summed E-state index contributed by atoms with van der Waals surface area (Å²) in [5.41, 5.74) is -1.19. The first-order chi connectivity index (χ1) is 28.8. The molecule has 2 aromatic carbocycles. The number of nitrogens with one attached hydrogen (secondary N) is 4. The minimum absolute atomic E-state index is 0.0478. The number of urea groups is 1. The predicted molar refractivity (Wildman–Crippen MR) is 206 cm³/mol. The number of carbonyl (C=O) groups excluding carboxylic acids is 7. The molecule has 0 aliphatic carbocycles. The summed E-state index contributed by atoms with van der Waals surface area (Å²) in [5, 5.41) is 9.91. The fourth-order valence-electron chi connectivity index (χ4n) is 8.46. The molecule has 0 radical (unpaired) electrons. The number of rotatable bonds is 6. The van der Waals surface area contributed by atoms with E-state index in [1.54, 1.807) is 0 Å². The number of hydrogen-bond acceptors (Lipinski definition) is 8. The van der Waals surface area contributed by atoms with Crippen molar-refractivity contribution < 1.29 is 60.3 Å². The van der Waals surface area contributed by atoms with Crippen molar-refractivity contribution in [2.45, 2.75) is 114 Å². The highest BCUT2D eigenvalue weighted by molar-refractivity contribution is 5.98. The molecule has 4 aliphatic rings. The Morgan fingerprint density at radius 2 is 1.46 bits per heavy atom. The Balaban J connectivity index is 1.33. The summed E-state index contributed by atoms with van der Waals surface area (Å²) in [4.78, 5) is 102. The molecular formula is C41H48F5N7O8. The molecule has 0 spiro atoms. The van der Waals surface area contributed by atoms with Crippen LogP contribution in [-0.2, 0) is 46.1 Å². The minimum atomic E-state index is -4.66. The Morgan fingerprint density at radius 3 is 2.13 bits per heavy atom. The second-order valence-corrected chi connectivity index (χ2v) is 16.1. The van der Waals surface area contributed by atoms with E-state index < -0.39 is 114 Å². The average Bonchev–Trinajstić information content (AvgIpc) is 3.85. The van der Waals surface area contributed by atoms with Crippen LogP contribution in [0.1, 0.15) is 70.4 Å². The number of ether oxygens (including phenoxy) is 1. The van der Waals surface area contributed by atoms with E-state index in [1.807, 2.05) is 6.92 Å². The van der Waals surface area contributed by atoms with Crippen molar-refractivity contribution in [1.29, 1.82) is 0 Å². The van der Waals surface area contributed by atoms with Crippen LogP contribution in [0.15, 0.2) is 42.5 Å². The van der Waals surface area contributed by atoms with Gasteiger partial charge in [-0.1, -0.05) is 6.92 Å². The number of carbonyl (C=O) groups is 7. The maximum Gasteiger partial charge on any atom is 0.416 e. The topological polar surface area (TPSA) is 187 Å². The van der Waals surface area contributed by atoms with Crippen LogP contribution in [0.3, 0.4) is 0 Å². The van der Waals surface area contributed by atoms with Crippen molar-refractivity contribution in [3.05, 3.63) is 65.2 Å². The number of amides is 7. The van der Waals surface area contributed by atoms with E-state index in [4.69, 9.17) is 4.74 Å². The van der Waals surface area contributed by atoms with Gasteiger partial charge in [-0.05, 0) is 100 Å². The third kappa shape index (κ3) is 10.4. The molecule has 61 heavy (non-hydrogen) atoms. The van der Waals surface area contributed by atoms with Crippen LogP contribution in [0.4, 0.5) is 32.4 Å². The van der Waals surface area contributed by atoms with E-state index in [2.05, 4.69) is 21.3 Å². The lowest BCUT2D eigenvalue weighted by molar-refractivity contribution is -0.163. The van der Waals surface area contributed by atoms with Crippen molar-refractivity contribution in [1.82, 2.24) is 30.7 Å². The highest BCUT2D eigenvalue weighted by Gasteiger charge is 2.47. The number of cyclic esters (lactones) is 1. The van der Waals surface area contributed by atoms with Gasteiger partial charge >= 0.3 is 18.2 Å². The third-order valence-corrected chi connectivity index (χ3v) is 11.5. The molecule has 4 aliphatic heterocycles. The van der Waals surface area contributed by atoms with Crippen molar-refractivity contribution in [3.63, 3.8) is 0 Å². The Hall–Kier alpha value is -5.82. The molecular weight excluding hydrogens is 813 g/mol. The molecule has 4 saturated heterocycles. The van der Waals surface area contributed by atoms with E-state index in [9.17, 15) is 55.5 Å². The number of esters is 1. The number of hydrogen-bond donors (Lipinski definition) is 4. The maximum absolute atomic E-state index is 14.7. The quantitative estimate of drug-likeness (QED) is 0.252. The normalized spacial score (nSPS) is 27.0. The van der Waals surface area contributed by atoms with Crippen LogP contribution in [0.25, 0.3) is 0 Å². The zero-order valence-corrected chi connectivity index (χ0v) is 33.7. The summed E-state index contributed by atoms with van der Waals surface area (Å²) in [6.45, 7) is 5.04. The average molecular weight is 862 g/mol. The van der Waals surface area contributed by atoms with Crippen LogP contribution < -0.4 is 21.3 Å². The lowest BCUT2D eigenvalue weighted by Gasteiger charge is -2.39. The van der Waals surface area contributed by atoms with Crippen molar-refractivity contribution >= 4 is 47.2 Å². The molecule has 4 fully saturated rings. The van der Waals surface area contributed by atoms with Crippen molar-refractivity contribution in [2.24, 2.45) is 5.92 Å². The molecule has 0 bridgehead atoms. The van der Waals surface area contributed by atoms with Gasteiger partial charge in [0.15, 0.2) is 0 Å². The molecule has 6 rings (SSSR count). The molecule has 4 heterocycles. The van der Waals surface area contributed by atoms with Gasteiger partial charge in [-0.15, -0.1) is 0 Å². The van der Waals surface area contributed by atoms with Crippen LogP contribution in [-0.4, -0.2) is 118 Å². The first kappa shape index (κ1) is 44.7. The van der Waals surface area contributed by atoms with E-state index in [1.165, 1.54) is 28.5 Å². The van der Waals surface area contributed by atoms with Gasteiger partial charge in [-0.2, -0.15) is 13.2 Å². The molecule has 7 amide bonds. The monoisotopic (exact) mass is 861 g/mol. The molecule has 2 aromatic rings. The third-order valence-electron chi connectivity index (χ3n) is 11.5. The number of benzene rings is 2. The number of piperidine rings is 1.